The molecule has 0 saturated carbocycles. The van der Waals surface area contributed by atoms with E-state index in [-0.39, 0.29) is 6.03 Å². The number of rotatable bonds is 4. The summed E-state index contributed by atoms with van der Waals surface area (Å²) in [6.45, 7) is 1.83. The molecule has 0 aromatic heterocycles. The first-order valence-electron chi connectivity index (χ1n) is 6.29. The number of carbonyl (C=O) groups excluding carboxylic acids is 1. The molecule has 20 heavy (non-hydrogen) atoms. The van der Waals surface area contributed by atoms with Crippen LogP contribution in [-0.2, 0) is 0 Å². The highest BCUT2D eigenvalue weighted by molar-refractivity contribution is 5.89. The summed E-state index contributed by atoms with van der Waals surface area (Å²) in [5.41, 5.74) is 0.701. The van der Waals surface area contributed by atoms with Gasteiger partial charge in [-0.15, -0.1) is 0 Å². The average molecular weight is 268 g/mol. The zero-order chi connectivity index (χ0) is 14.2. The van der Waals surface area contributed by atoms with E-state index in [2.05, 4.69) is 10.6 Å². The third-order valence-electron chi connectivity index (χ3n) is 2.47. The number of nitrogens with one attached hydrogen (secondary N) is 2. The lowest BCUT2D eigenvalue weighted by Gasteiger charge is -2.07. The molecular weight excluding hydrogens is 252 g/mol. The van der Waals surface area contributed by atoms with E-state index in [1.807, 2.05) is 37.3 Å². The van der Waals surface area contributed by atoms with Crippen molar-refractivity contribution in [3.8, 4) is 11.5 Å². The number of hydrogen-bond acceptors (Lipinski definition) is 2. The lowest BCUT2D eigenvalue weighted by molar-refractivity contribution is 0.255. The molecule has 0 aliphatic heterocycles. The van der Waals surface area contributed by atoms with Crippen LogP contribution < -0.4 is 15.4 Å². The number of urea groups is 1. The SMILES string of the molecule is C/C=C/NC(=O)Nc1ccc(Oc2ccccc2)cc1. The van der Waals surface area contributed by atoms with Gasteiger partial charge in [-0.05, 0) is 43.3 Å². The lowest BCUT2D eigenvalue weighted by Crippen LogP contribution is -2.23. The Labute approximate surface area is 118 Å². The normalized spacial score (nSPS) is 10.2. The summed E-state index contributed by atoms with van der Waals surface area (Å²) in [5.74, 6) is 1.50. The van der Waals surface area contributed by atoms with Gasteiger partial charge < -0.3 is 15.4 Å². The van der Waals surface area contributed by atoms with Crippen LogP contribution in [-0.4, -0.2) is 6.03 Å². The molecule has 0 saturated heterocycles. The average Bonchev–Trinajstić information content (AvgIpc) is 2.48. The Hall–Kier alpha value is -2.75. The maximum absolute atomic E-state index is 11.4. The second-order valence-electron chi connectivity index (χ2n) is 4.04. The molecule has 2 rings (SSSR count). The fourth-order valence-corrected chi connectivity index (χ4v) is 1.56. The molecule has 2 aromatic carbocycles. The van der Waals surface area contributed by atoms with E-state index in [4.69, 9.17) is 4.74 Å². The standard InChI is InChI=1S/C16H16N2O2/c1-2-12-17-16(19)18-13-8-10-15(11-9-13)20-14-6-4-3-5-7-14/h2-12H,1H3,(H2,17,18,19)/b12-2+. The first-order chi connectivity index (χ1) is 9.78. The summed E-state index contributed by atoms with van der Waals surface area (Å²) in [5, 5.41) is 5.28. The lowest BCUT2D eigenvalue weighted by atomic mass is 10.3. The maximum atomic E-state index is 11.4. The van der Waals surface area contributed by atoms with E-state index in [1.165, 1.54) is 0 Å². The monoisotopic (exact) mass is 268 g/mol. The molecule has 4 heteroatoms. The molecule has 0 radical (unpaired) electrons. The van der Waals surface area contributed by atoms with Crippen LogP contribution in [0.25, 0.3) is 0 Å². The number of amides is 2. The van der Waals surface area contributed by atoms with Crippen molar-refractivity contribution in [2.24, 2.45) is 0 Å². The van der Waals surface area contributed by atoms with Crippen LogP contribution in [0.1, 0.15) is 6.92 Å². The van der Waals surface area contributed by atoms with Gasteiger partial charge in [-0.3, -0.25) is 0 Å². The third kappa shape index (κ3) is 4.17. The van der Waals surface area contributed by atoms with Crippen molar-refractivity contribution in [2.75, 3.05) is 5.32 Å². The Morgan fingerprint density at radius 3 is 2.30 bits per heavy atom. The summed E-state index contributed by atoms with van der Waals surface area (Å²) in [7, 11) is 0. The van der Waals surface area contributed by atoms with Gasteiger partial charge in [-0.1, -0.05) is 24.3 Å². The van der Waals surface area contributed by atoms with Crippen LogP contribution in [0.15, 0.2) is 66.9 Å². The van der Waals surface area contributed by atoms with Crippen LogP contribution in [0, 0.1) is 0 Å². The zero-order valence-corrected chi connectivity index (χ0v) is 11.2. The summed E-state index contributed by atoms with van der Waals surface area (Å²) < 4.78 is 5.66. The van der Waals surface area contributed by atoms with Crippen molar-refractivity contribution in [2.45, 2.75) is 6.92 Å². The highest BCUT2D eigenvalue weighted by Crippen LogP contribution is 2.22. The highest BCUT2D eigenvalue weighted by atomic mass is 16.5. The zero-order valence-electron chi connectivity index (χ0n) is 11.2. The third-order valence-corrected chi connectivity index (χ3v) is 2.47. The Morgan fingerprint density at radius 2 is 1.65 bits per heavy atom. The van der Waals surface area contributed by atoms with E-state index in [9.17, 15) is 4.79 Å². The van der Waals surface area contributed by atoms with Gasteiger partial charge in [0.15, 0.2) is 0 Å². The quantitative estimate of drug-likeness (QED) is 0.875. The fraction of sp³-hybridized carbons (Fsp3) is 0.0625. The molecular formula is C16H16N2O2. The van der Waals surface area contributed by atoms with Crippen LogP contribution in [0.2, 0.25) is 0 Å². The molecule has 0 spiro atoms. The molecule has 102 valence electrons. The molecule has 0 atom stereocenters. The minimum atomic E-state index is -0.278. The van der Waals surface area contributed by atoms with E-state index in [0.717, 1.165) is 11.5 Å². The van der Waals surface area contributed by atoms with Gasteiger partial charge in [-0.2, -0.15) is 0 Å². The van der Waals surface area contributed by atoms with Crippen LogP contribution >= 0.6 is 0 Å². The topological polar surface area (TPSA) is 50.4 Å². The maximum Gasteiger partial charge on any atom is 0.323 e. The molecule has 2 amide bonds. The van der Waals surface area contributed by atoms with Crippen LogP contribution in [0.3, 0.4) is 0 Å². The van der Waals surface area contributed by atoms with Gasteiger partial charge in [0, 0.05) is 11.9 Å². The molecule has 0 aliphatic rings. The number of para-hydroxylation sites is 1. The molecule has 2 aromatic rings. The van der Waals surface area contributed by atoms with Crippen molar-refractivity contribution >= 4 is 11.7 Å². The second-order valence-corrected chi connectivity index (χ2v) is 4.04. The van der Waals surface area contributed by atoms with Crippen molar-refractivity contribution < 1.29 is 9.53 Å². The summed E-state index contributed by atoms with van der Waals surface area (Å²) in [6, 6.07) is 16.4. The van der Waals surface area contributed by atoms with E-state index in [0.29, 0.717) is 5.69 Å². The van der Waals surface area contributed by atoms with Gasteiger partial charge in [0.25, 0.3) is 0 Å². The number of ether oxygens (including phenoxy) is 1. The molecule has 4 nitrogen and oxygen atoms in total. The molecule has 0 heterocycles. The van der Waals surface area contributed by atoms with Gasteiger partial charge in [0.1, 0.15) is 11.5 Å². The Balaban J connectivity index is 1.94. The first-order valence-corrected chi connectivity index (χ1v) is 6.29. The van der Waals surface area contributed by atoms with Crippen molar-refractivity contribution in [1.29, 1.82) is 0 Å². The number of carbonyl (C=O) groups is 1. The summed E-state index contributed by atoms with van der Waals surface area (Å²) >= 11 is 0. The van der Waals surface area contributed by atoms with Crippen molar-refractivity contribution in [3.63, 3.8) is 0 Å². The van der Waals surface area contributed by atoms with Gasteiger partial charge >= 0.3 is 6.03 Å². The largest absolute Gasteiger partial charge is 0.457 e. The second kappa shape index (κ2) is 6.99. The molecule has 0 aliphatic carbocycles. The number of allylic oxidation sites excluding steroid dienone is 1. The summed E-state index contributed by atoms with van der Waals surface area (Å²) in [6.07, 6.45) is 3.32. The van der Waals surface area contributed by atoms with E-state index < -0.39 is 0 Å². The molecule has 0 bridgehead atoms. The predicted molar refractivity (Wildman–Crippen MR) is 79.9 cm³/mol. The number of benzene rings is 2. The Morgan fingerprint density at radius 1 is 1.00 bits per heavy atom. The smallest absolute Gasteiger partial charge is 0.323 e. The van der Waals surface area contributed by atoms with E-state index >= 15 is 0 Å². The molecule has 0 unspecified atom stereocenters. The van der Waals surface area contributed by atoms with Crippen molar-refractivity contribution in [1.82, 2.24) is 5.32 Å². The Bertz CT molecular complexity index is 577. The fourth-order valence-electron chi connectivity index (χ4n) is 1.56. The highest BCUT2D eigenvalue weighted by Gasteiger charge is 2.00. The number of hydrogen-bond donors (Lipinski definition) is 2. The van der Waals surface area contributed by atoms with E-state index in [1.54, 1.807) is 36.5 Å². The number of anilines is 1. The van der Waals surface area contributed by atoms with Gasteiger partial charge in [-0.25, -0.2) is 4.79 Å². The minimum Gasteiger partial charge on any atom is -0.457 e. The first kappa shape index (κ1) is 13.7. The van der Waals surface area contributed by atoms with Crippen LogP contribution in [0.5, 0.6) is 11.5 Å². The van der Waals surface area contributed by atoms with Crippen LogP contribution in [0.4, 0.5) is 10.5 Å². The predicted octanol–water partition coefficient (Wildman–Crippen LogP) is 4.13. The molecule has 2 N–H and O–H groups in total. The van der Waals surface area contributed by atoms with Crippen molar-refractivity contribution in [3.05, 3.63) is 66.9 Å². The Kier molecular flexibility index (Phi) is 4.78. The summed E-state index contributed by atoms with van der Waals surface area (Å²) in [4.78, 5) is 11.4. The van der Waals surface area contributed by atoms with Gasteiger partial charge in [0.05, 0.1) is 0 Å². The van der Waals surface area contributed by atoms with Gasteiger partial charge in [0.2, 0.25) is 0 Å². The molecule has 0 fully saturated rings. The minimum absolute atomic E-state index is 0.278.